The van der Waals surface area contributed by atoms with Gasteiger partial charge in [-0.05, 0) is 45.1 Å². The minimum absolute atomic E-state index is 0.217. The van der Waals surface area contributed by atoms with E-state index in [0.717, 1.165) is 28.9 Å². The summed E-state index contributed by atoms with van der Waals surface area (Å²) in [7, 11) is 0. The van der Waals surface area contributed by atoms with E-state index in [1.54, 1.807) is 6.26 Å². The molecule has 1 N–H and O–H groups in total. The molecule has 0 aromatic carbocycles. The molecular formula is C20H28O4. The molecule has 4 heteroatoms. The number of aliphatic hydroxyl groups is 1. The van der Waals surface area contributed by atoms with Gasteiger partial charge in [-0.15, -0.1) is 0 Å². The largest absolute Gasteiger partial charge is 0.468 e. The summed E-state index contributed by atoms with van der Waals surface area (Å²) < 4.78 is 11.7. The lowest BCUT2D eigenvalue weighted by atomic mass is 9.56. The Hall–Kier alpha value is -1.55. The zero-order chi connectivity index (χ0) is 17.7. The Balaban J connectivity index is 2.09. The molecule has 132 valence electrons. The Morgan fingerprint density at radius 1 is 1.46 bits per heavy atom. The first-order valence-electron chi connectivity index (χ1n) is 8.85. The molecule has 1 heterocycles. The normalized spacial score (nSPS) is 32.1. The average molecular weight is 332 g/mol. The van der Waals surface area contributed by atoms with Crippen molar-refractivity contribution in [1.82, 2.24) is 0 Å². The number of carbonyl (C=O) groups is 1. The predicted octanol–water partition coefficient (Wildman–Crippen LogP) is 4.25. The van der Waals surface area contributed by atoms with Crippen LogP contribution >= 0.6 is 0 Å². The fourth-order valence-electron chi connectivity index (χ4n) is 4.20. The first-order valence-corrected chi connectivity index (χ1v) is 8.85. The molecule has 4 nitrogen and oxygen atoms in total. The molecular weight excluding hydrogens is 304 g/mol. The van der Waals surface area contributed by atoms with E-state index in [9.17, 15) is 9.90 Å². The van der Waals surface area contributed by atoms with Crippen LogP contribution in [-0.4, -0.2) is 16.7 Å². The van der Waals surface area contributed by atoms with Gasteiger partial charge in [0.1, 0.15) is 11.9 Å². The number of rotatable bonds is 3. The summed E-state index contributed by atoms with van der Waals surface area (Å²) in [6.45, 7) is 9.87. The van der Waals surface area contributed by atoms with Crippen molar-refractivity contribution in [3.63, 3.8) is 0 Å². The van der Waals surface area contributed by atoms with E-state index >= 15 is 0 Å². The molecule has 0 spiro atoms. The lowest BCUT2D eigenvalue weighted by Gasteiger charge is -2.53. The van der Waals surface area contributed by atoms with Crippen LogP contribution in [0.25, 0.3) is 0 Å². The smallest absolute Gasteiger partial charge is 0.306 e. The highest BCUT2D eigenvalue weighted by molar-refractivity contribution is 5.70. The molecule has 0 saturated carbocycles. The topological polar surface area (TPSA) is 59.7 Å². The summed E-state index contributed by atoms with van der Waals surface area (Å²) in [5.41, 5.74) is 1.48. The lowest BCUT2D eigenvalue weighted by molar-refractivity contribution is -0.173. The molecule has 0 bridgehead atoms. The molecule has 3 unspecified atom stereocenters. The number of carbonyl (C=O) groups excluding carboxylic acids is 1. The molecule has 3 rings (SSSR count). The zero-order valence-electron chi connectivity index (χ0n) is 15.3. The van der Waals surface area contributed by atoms with Crippen LogP contribution in [0.4, 0.5) is 0 Å². The molecule has 3 atom stereocenters. The second-order valence-electron chi connectivity index (χ2n) is 8.14. The summed E-state index contributed by atoms with van der Waals surface area (Å²) in [4.78, 5) is 12.4. The minimum Gasteiger partial charge on any atom is -0.468 e. The summed E-state index contributed by atoms with van der Waals surface area (Å²) in [6, 6.07) is 0. The molecule has 0 radical (unpaired) electrons. The summed E-state index contributed by atoms with van der Waals surface area (Å²) in [5, 5.41) is 11.2. The predicted molar refractivity (Wildman–Crippen MR) is 91.5 cm³/mol. The van der Waals surface area contributed by atoms with Gasteiger partial charge in [-0.2, -0.15) is 0 Å². The van der Waals surface area contributed by atoms with Crippen LogP contribution in [-0.2, 0) is 16.0 Å². The number of fused-ring (bicyclic) bond motifs is 2. The van der Waals surface area contributed by atoms with E-state index < -0.39 is 17.1 Å². The van der Waals surface area contributed by atoms with Gasteiger partial charge in [-0.25, -0.2) is 0 Å². The number of ether oxygens (including phenoxy) is 1. The molecule has 2 aliphatic carbocycles. The van der Waals surface area contributed by atoms with Crippen molar-refractivity contribution in [2.75, 3.05) is 0 Å². The zero-order valence-corrected chi connectivity index (χ0v) is 15.3. The van der Waals surface area contributed by atoms with Crippen molar-refractivity contribution in [3.05, 3.63) is 34.8 Å². The van der Waals surface area contributed by atoms with Crippen molar-refractivity contribution in [3.8, 4) is 0 Å². The Labute approximate surface area is 143 Å². The minimum atomic E-state index is -0.929. The van der Waals surface area contributed by atoms with Gasteiger partial charge in [0.05, 0.1) is 17.3 Å². The average Bonchev–Trinajstić information content (AvgIpc) is 2.81. The molecule has 0 amide bonds. The van der Waals surface area contributed by atoms with E-state index in [-0.39, 0.29) is 11.9 Å². The van der Waals surface area contributed by atoms with Gasteiger partial charge in [0.25, 0.3) is 0 Å². The van der Waals surface area contributed by atoms with Crippen molar-refractivity contribution in [2.24, 2.45) is 11.3 Å². The second-order valence-corrected chi connectivity index (χ2v) is 8.14. The van der Waals surface area contributed by atoms with Crippen LogP contribution in [0.15, 0.2) is 22.3 Å². The van der Waals surface area contributed by atoms with Gasteiger partial charge < -0.3 is 14.3 Å². The molecule has 1 aromatic rings. The van der Waals surface area contributed by atoms with Gasteiger partial charge >= 0.3 is 5.97 Å². The maximum absolute atomic E-state index is 12.4. The van der Waals surface area contributed by atoms with E-state index in [1.807, 2.05) is 34.6 Å². The monoisotopic (exact) mass is 332 g/mol. The van der Waals surface area contributed by atoms with Gasteiger partial charge in [0, 0.05) is 18.4 Å². The molecule has 0 saturated heterocycles. The van der Waals surface area contributed by atoms with Crippen LogP contribution in [0.3, 0.4) is 0 Å². The summed E-state index contributed by atoms with van der Waals surface area (Å²) >= 11 is 0. The SMILES string of the molecule is Cc1coc2c1C(OC(=O)CC(C)C)C1(C)C(=CCCC1(C)O)C2. The molecule has 1 aromatic heterocycles. The maximum atomic E-state index is 12.4. The van der Waals surface area contributed by atoms with Crippen molar-refractivity contribution < 1.29 is 19.1 Å². The van der Waals surface area contributed by atoms with E-state index in [1.165, 1.54) is 0 Å². The highest BCUT2D eigenvalue weighted by Gasteiger charge is 2.58. The Morgan fingerprint density at radius 3 is 2.83 bits per heavy atom. The fraction of sp³-hybridized carbons (Fsp3) is 0.650. The molecule has 0 fully saturated rings. The van der Waals surface area contributed by atoms with Gasteiger partial charge in [-0.3, -0.25) is 4.79 Å². The van der Waals surface area contributed by atoms with Crippen LogP contribution < -0.4 is 0 Å². The maximum Gasteiger partial charge on any atom is 0.306 e. The first-order chi connectivity index (χ1) is 11.2. The molecule has 2 aliphatic rings. The summed E-state index contributed by atoms with van der Waals surface area (Å²) in [6.07, 6.45) is 5.95. The molecule has 24 heavy (non-hydrogen) atoms. The summed E-state index contributed by atoms with van der Waals surface area (Å²) in [5.74, 6) is 0.877. The quantitative estimate of drug-likeness (QED) is 0.664. The Bertz CT molecular complexity index is 680. The van der Waals surface area contributed by atoms with E-state index in [4.69, 9.17) is 9.15 Å². The first kappa shape index (κ1) is 17.3. The highest BCUT2D eigenvalue weighted by atomic mass is 16.5. The van der Waals surface area contributed by atoms with E-state index in [2.05, 4.69) is 6.08 Å². The van der Waals surface area contributed by atoms with Crippen LogP contribution in [0.5, 0.6) is 0 Å². The van der Waals surface area contributed by atoms with Crippen molar-refractivity contribution in [1.29, 1.82) is 0 Å². The highest BCUT2D eigenvalue weighted by Crippen LogP contribution is 2.59. The Kier molecular flexibility index (Phi) is 4.15. The second kappa shape index (κ2) is 5.76. The number of allylic oxidation sites excluding steroid dienone is 1. The van der Waals surface area contributed by atoms with Crippen molar-refractivity contribution >= 4 is 5.97 Å². The number of hydrogen-bond acceptors (Lipinski definition) is 4. The van der Waals surface area contributed by atoms with Crippen LogP contribution in [0, 0.1) is 18.3 Å². The van der Waals surface area contributed by atoms with Crippen molar-refractivity contribution in [2.45, 2.75) is 72.0 Å². The third-order valence-corrected chi connectivity index (χ3v) is 5.87. The lowest BCUT2D eigenvalue weighted by Crippen LogP contribution is -2.53. The number of aryl methyl sites for hydroxylation is 1. The van der Waals surface area contributed by atoms with Crippen LogP contribution in [0.1, 0.15) is 69.9 Å². The molecule has 0 aliphatic heterocycles. The third-order valence-electron chi connectivity index (χ3n) is 5.87. The standard InChI is InChI=1S/C20H28O4/c1-12(2)9-16(21)24-18-17-13(3)11-23-15(17)10-14-7-6-8-19(4,22)20(14,18)5/h7,11-12,18,22H,6,8-10H2,1-5H3. The number of hydrogen-bond donors (Lipinski definition) is 1. The Morgan fingerprint density at radius 2 is 2.17 bits per heavy atom. The third kappa shape index (κ3) is 2.52. The van der Waals surface area contributed by atoms with Gasteiger partial charge in [-0.1, -0.05) is 25.5 Å². The van der Waals surface area contributed by atoms with E-state index in [0.29, 0.717) is 19.3 Å². The van der Waals surface area contributed by atoms with Gasteiger partial charge in [0.2, 0.25) is 0 Å². The number of furan rings is 1. The fourth-order valence-corrected chi connectivity index (χ4v) is 4.20. The van der Waals surface area contributed by atoms with Crippen LogP contribution in [0.2, 0.25) is 0 Å². The van der Waals surface area contributed by atoms with Gasteiger partial charge in [0.15, 0.2) is 0 Å². The number of esters is 1.